The number of para-hydroxylation sites is 2. The number of pyridine rings is 1. The number of hydrazone groups is 1. The molecule has 0 atom stereocenters. The number of hydrogen-bond acceptors (Lipinski definition) is 6. The molecule has 0 bridgehead atoms. The maximum Gasteiger partial charge on any atom is 0.260 e. The fraction of sp³-hybridized carbons (Fsp3) is 0.130. The van der Waals surface area contributed by atoms with Crippen molar-refractivity contribution >= 4 is 23.2 Å². The van der Waals surface area contributed by atoms with Crippen molar-refractivity contribution in [3.05, 3.63) is 72.4 Å². The first-order valence-corrected chi connectivity index (χ1v) is 9.60. The molecule has 0 aliphatic heterocycles. The summed E-state index contributed by atoms with van der Waals surface area (Å²) in [5, 5.41) is 4.07. The summed E-state index contributed by atoms with van der Waals surface area (Å²) in [6, 6.07) is 18.6. The standard InChI is InChI=1S/C23H21N5O3/c1-30-20-11-10-16(13-21(20)31-2)14-25-27-22(29)15-28-19-9-4-3-7-17(19)26-23(28)18-8-5-6-12-24-18/h3-14H,15H2,1-2H3,(H,27,29)/b25-14-. The van der Waals surface area contributed by atoms with E-state index in [1.807, 2.05) is 53.1 Å². The van der Waals surface area contributed by atoms with Crippen LogP contribution in [0.4, 0.5) is 0 Å². The van der Waals surface area contributed by atoms with Crippen LogP contribution in [0.25, 0.3) is 22.6 Å². The molecular formula is C23H21N5O3. The summed E-state index contributed by atoms with van der Waals surface area (Å²) in [5.41, 5.74) is 5.67. The topological polar surface area (TPSA) is 90.6 Å². The molecule has 4 aromatic rings. The highest BCUT2D eigenvalue weighted by Crippen LogP contribution is 2.27. The van der Waals surface area contributed by atoms with Crippen LogP contribution in [0.3, 0.4) is 0 Å². The van der Waals surface area contributed by atoms with E-state index in [1.54, 1.807) is 38.8 Å². The van der Waals surface area contributed by atoms with E-state index in [1.165, 1.54) is 0 Å². The molecule has 2 heterocycles. The molecule has 0 saturated heterocycles. The predicted molar refractivity (Wildman–Crippen MR) is 118 cm³/mol. The molecule has 0 radical (unpaired) electrons. The lowest BCUT2D eigenvalue weighted by atomic mass is 10.2. The van der Waals surface area contributed by atoms with Crippen LogP contribution in [0, 0.1) is 0 Å². The van der Waals surface area contributed by atoms with Crippen molar-refractivity contribution in [2.24, 2.45) is 5.10 Å². The van der Waals surface area contributed by atoms with E-state index in [0.717, 1.165) is 16.6 Å². The van der Waals surface area contributed by atoms with Crippen LogP contribution < -0.4 is 14.9 Å². The summed E-state index contributed by atoms with van der Waals surface area (Å²) in [7, 11) is 3.14. The molecule has 0 aliphatic rings. The van der Waals surface area contributed by atoms with Gasteiger partial charge in [-0.05, 0) is 48.0 Å². The number of nitrogens with zero attached hydrogens (tertiary/aromatic N) is 4. The van der Waals surface area contributed by atoms with Gasteiger partial charge in [-0.1, -0.05) is 18.2 Å². The summed E-state index contributed by atoms with van der Waals surface area (Å²) >= 11 is 0. The van der Waals surface area contributed by atoms with E-state index >= 15 is 0 Å². The second-order valence-electron chi connectivity index (χ2n) is 6.63. The van der Waals surface area contributed by atoms with E-state index in [-0.39, 0.29) is 12.5 Å². The van der Waals surface area contributed by atoms with E-state index in [9.17, 15) is 4.79 Å². The molecule has 31 heavy (non-hydrogen) atoms. The van der Waals surface area contributed by atoms with Crippen molar-refractivity contribution < 1.29 is 14.3 Å². The zero-order valence-electron chi connectivity index (χ0n) is 17.1. The Morgan fingerprint density at radius 2 is 1.87 bits per heavy atom. The summed E-state index contributed by atoms with van der Waals surface area (Å²) < 4.78 is 12.3. The number of hydrogen-bond donors (Lipinski definition) is 1. The molecule has 8 heteroatoms. The minimum Gasteiger partial charge on any atom is -0.493 e. The largest absolute Gasteiger partial charge is 0.493 e. The van der Waals surface area contributed by atoms with Gasteiger partial charge in [-0.2, -0.15) is 5.10 Å². The van der Waals surface area contributed by atoms with Crippen molar-refractivity contribution in [3.63, 3.8) is 0 Å². The molecule has 0 fully saturated rings. The number of amides is 1. The lowest BCUT2D eigenvalue weighted by molar-refractivity contribution is -0.121. The van der Waals surface area contributed by atoms with Crippen LogP contribution in [-0.4, -0.2) is 40.9 Å². The number of benzene rings is 2. The number of fused-ring (bicyclic) bond motifs is 1. The van der Waals surface area contributed by atoms with Gasteiger partial charge in [0.25, 0.3) is 5.91 Å². The van der Waals surface area contributed by atoms with Crippen LogP contribution in [0.2, 0.25) is 0 Å². The van der Waals surface area contributed by atoms with E-state index in [4.69, 9.17) is 9.47 Å². The molecule has 0 unspecified atom stereocenters. The Kier molecular flexibility index (Phi) is 5.89. The van der Waals surface area contributed by atoms with Gasteiger partial charge >= 0.3 is 0 Å². The molecule has 1 amide bonds. The first kappa shape index (κ1) is 20.1. The van der Waals surface area contributed by atoms with Crippen molar-refractivity contribution in [1.82, 2.24) is 20.0 Å². The Labute approximate surface area is 179 Å². The van der Waals surface area contributed by atoms with Crippen molar-refractivity contribution in [3.8, 4) is 23.0 Å². The van der Waals surface area contributed by atoms with Gasteiger partial charge in [0.15, 0.2) is 17.3 Å². The molecule has 2 aromatic carbocycles. The first-order chi connectivity index (χ1) is 15.2. The van der Waals surface area contributed by atoms with Crippen molar-refractivity contribution in [2.45, 2.75) is 6.54 Å². The molecule has 0 saturated carbocycles. The highest BCUT2D eigenvalue weighted by atomic mass is 16.5. The molecule has 1 N–H and O–H groups in total. The minimum absolute atomic E-state index is 0.0513. The van der Waals surface area contributed by atoms with Crippen molar-refractivity contribution in [1.29, 1.82) is 0 Å². The smallest absolute Gasteiger partial charge is 0.260 e. The summed E-state index contributed by atoms with van der Waals surface area (Å²) in [4.78, 5) is 21.6. The Bertz CT molecular complexity index is 1230. The maximum atomic E-state index is 12.6. The van der Waals surface area contributed by atoms with Gasteiger partial charge in [0.05, 0.1) is 31.5 Å². The van der Waals surface area contributed by atoms with Crippen LogP contribution in [0.15, 0.2) is 72.0 Å². The lowest BCUT2D eigenvalue weighted by Gasteiger charge is -2.08. The second-order valence-corrected chi connectivity index (χ2v) is 6.63. The number of carbonyl (C=O) groups excluding carboxylic acids is 1. The minimum atomic E-state index is -0.280. The number of rotatable bonds is 7. The molecule has 0 spiro atoms. The van der Waals surface area contributed by atoms with Crippen LogP contribution >= 0.6 is 0 Å². The van der Waals surface area contributed by atoms with Crippen LogP contribution in [-0.2, 0) is 11.3 Å². The summed E-state index contributed by atoms with van der Waals surface area (Å²) in [6.07, 6.45) is 3.25. The average molecular weight is 415 g/mol. The van der Waals surface area contributed by atoms with Gasteiger partial charge in [-0.15, -0.1) is 0 Å². The van der Waals surface area contributed by atoms with E-state index < -0.39 is 0 Å². The fourth-order valence-corrected chi connectivity index (χ4v) is 3.22. The Morgan fingerprint density at radius 1 is 1.06 bits per heavy atom. The van der Waals surface area contributed by atoms with Gasteiger partial charge < -0.3 is 14.0 Å². The Balaban J connectivity index is 1.53. The number of methoxy groups -OCH3 is 2. The monoisotopic (exact) mass is 415 g/mol. The fourth-order valence-electron chi connectivity index (χ4n) is 3.22. The third kappa shape index (κ3) is 4.37. The van der Waals surface area contributed by atoms with Gasteiger partial charge in [-0.3, -0.25) is 9.78 Å². The van der Waals surface area contributed by atoms with Gasteiger partial charge in [-0.25, -0.2) is 10.4 Å². The third-order valence-electron chi connectivity index (χ3n) is 4.66. The van der Waals surface area contributed by atoms with Crippen LogP contribution in [0.1, 0.15) is 5.56 Å². The SMILES string of the molecule is COc1ccc(/C=N\NC(=O)Cn2c(-c3ccccn3)nc3ccccc32)cc1OC. The lowest BCUT2D eigenvalue weighted by Crippen LogP contribution is -2.23. The molecular weight excluding hydrogens is 394 g/mol. The van der Waals surface area contributed by atoms with Crippen LogP contribution in [0.5, 0.6) is 11.5 Å². The molecule has 8 nitrogen and oxygen atoms in total. The zero-order valence-corrected chi connectivity index (χ0v) is 17.1. The zero-order chi connectivity index (χ0) is 21.6. The number of ether oxygens (including phenoxy) is 2. The molecule has 2 aromatic heterocycles. The summed E-state index contributed by atoms with van der Waals surface area (Å²) in [5.74, 6) is 1.55. The van der Waals surface area contributed by atoms with Gasteiger partial charge in [0, 0.05) is 6.20 Å². The number of nitrogens with one attached hydrogen (secondary N) is 1. The normalized spacial score (nSPS) is 11.0. The molecule has 0 aliphatic carbocycles. The summed E-state index contributed by atoms with van der Waals surface area (Å²) in [6.45, 7) is 0.0513. The number of carbonyl (C=O) groups is 1. The quantitative estimate of drug-likeness (QED) is 0.370. The van der Waals surface area contributed by atoms with Gasteiger partial charge in [0.1, 0.15) is 12.2 Å². The Hall–Kier alpha value is -4.20. The molecule has 4 rings (SSSR count). The van der Waals surface area contributed by atoms with E-state index in [2.05, 4.69) is 20.5 Å². The second kappa shape index (κ2) is 9.08. The molecule has 156 valence electrons. The van der Waals surface area contributed by atoms with E-state index in [0.29, 0.717) is 23.0 Å². The van der Waals surface area contributed by atoms with Crippen molar-refractivity contribution in [2.75, 3.05) is 14.2 Å². The highest BCUT2D eigenvalue weighted by Gasteiger charge is 2.15. The highest BCUT2D eigenvalue weighted by molar-refractivity contribution is 5.85. The number of aromatic nitrogens is 3. The number of imidazole rings is 1. The maximum absolute atomic E-state index is 12.6. The van der Waals surface area contributed by atoms with Gasteiger partial charge in [0.2, 0.25) is 0 Å². The average Bonchev–Trinajstić information content (AvgIpc) is 3.18. The predicted octanol–water partition coefficient (Wildman–Crippen LogP) is 3.27. The third-order valence-corrected chi connectivity index (χ3v) is 4.66. The first-order valence-electron chi connectivity index (χ1n) is 9.60. The Morgan fingerprint density at radius 3 is 2.65 bits per heavy atom.